The molecule has 10 heteroatoms. The normalized spacial score (nSPS) is 15.1. The molecule has 0 saturated carbocycles. The number of hydrogen-bond acceptors (Lipinski definition) is 6. The number of aryl methyl sites for hydroxylation is 1. The Morgan fingerprint density at radius 1 is 1.19 bits per heavy atom. The maximum atomic E-state index is 14.4. The van der Waals surface area contributed by atoms with Gasteiger partial charge in [0.15, 0.2) is 11.6 Å². The van der Waals surface area contributed by atoms with Crippen LogP contribution in [-0.4, -0.2) is 28.7 Å². The van der Waals surface area contributed by atoms with Crippen LogP contribution >= 0.6 is 0 Å². The number of halogens is 2. The Hall–Kier alpha value is -3.14. The number of anilines is 1. The van der Waals surface area contributed by atoms with Gasteiger partial charge >= 0.3 is 29.6 Å². The van der Waals surface area contributed by atoms with Crippen molar-refractivity contribution in [1.29, 1.82) is 0 Å². The maximum absolute atomic E-state index is 14.4. The second-order valence-corrected chi connectivity index (χ2v) is 8.69. The third-order valence-corrected chi connectivity index (χ3v) is 6.36. The number of hydrogen-bond donors (Lipinski definition) is 1. The molecule has 1 atom stereocenters. The average molecular weight is 515 g/mol. The first-order valence-corrected chi connectivity index (χ1v) is 11.7. The number of nitrogens with two attached hydrogens (primary N) is 1. The minimum atomic E-state index is -1.05. The van der Waals surface area contributed by atoms with E-state index in [1.54, 1.807) is 16.7 Å². The van der Waals surface area contributed by atoms with Gasteiger partial charge in [0, 0.05) is 42.0 Å². The van der Waals surface area contributed by atoms with E-state index in [9.17, 15) is 18.7 Å². The molecule has 0 bridgehead atoms. The molecular weight excluding hydrogens is 491 g/mol. The molecule has 2 N–H and O–H groups in total. The number of carbonyl (C=O) groups excluding carboxylic acids is 1. The predicted octanol–water partition coefficient (Wildman–Crippen LogP) is 0.690. The molecule has 1 aromatic heterocycles. The van der Waals surface area contributed by atoms with Crippen molar-refractivity contribution >= 4 is 22.7 Å². The molecule has 0 aliphatic carbocycles. The molecule has 3 heterocycles. The molecule has 0 amide bonds. The monoisotopic (exact) mass is 515 g/mol. The number of nitrogen functional groups attached to an aromatic ring is 1. The number of benzene rings is 3. The van der Waals surface area contributed by atoms with E-state index in [4.69, 9.17) is 15.2 Å². The molecule has 186 valence electrons. The molecule has 0 fully saturated rings. The van der Waals surface area contributed by atoms with Crippen LogP contribution in [0.4, 0.5) is 14.5 Å². The van der Waals surface area contributed by atoms with Gasteiger partial charge in [-0.1, -0.05) is 25.1 Å². The first kappa shape index (κ1) is 26.9. The Morgan fingerprint density at radius 3 is 2.76 bits per heavy atom. The van der Waals surface area contributed by atoms with E-state index in [0.717, 1.165) is 35.1 Å². The van der Waals surface area contributed by atoms with Crippen LogP contribution in [0.25, 0.3) is 16.7 Å². The van der Waals surface area contributed by atoms with Gasteiger partial charge in [0.2, 0.25) is 0 Å². The third-order valence-electron chi connectivity index (χ3n) is 6.36. The van der Waals surface area contributed by atoms with Crippen molar-refractivity contribution < 1.29 is 57.7 Å². The number of para-hydroxylation sites is 1. The Bertz CT molecular complexity index is 1470. The first-order valence-electron chi connectivity index (χ1n) is 11.7. The van der Waals surface area contributed by atoms with Gasteiger partial charge in [-0.05, 0) is 36.2 Å². The van der Waals surface area contributed by atoms with E-state index < -0.39 is 17.6 Å². The summed E-state index contributed by atoms with van der Waals surface area (Å²) in [4.78, 5) is 14.9. The van der Waals surface area contributed by atoms with E-state index in [0.29, 0.717) is 42.4 Å². The topological polar surface area (TPSA) is 102 Å². The van der Waals surface area contributed by atoms with Crippen LogP contribution < -0.4 is 49.9 Å². The van der Waals surface area contributed by atoms with Gasteiger partial charge in [0.05, 0.1) is 24.4 Å². The van der Waals surface area contributed by atoms with Crippen molar-refractivity contribution in [2.75, 3.05) is 18.9 Å². The van der Waals surface area contributed by atoms with Crippen LogP contribution in [0.15, 0.2) is 48.5 Å². The van der Waals surface area contributed by atoms with Crippen molar-refractivity contribution in [3.05, 3.63) is 77.1 Å². The van der Waals surface area contributed by atoms with Crippen molar-refractivity contribution in [3.63, 3.8) is 0 Å². The number of carboxylic acids is 1. The largest absolute Gasteiger partial charge is 1.00 e. The summed E-state index contributed by atoms with van der Waals surface area (Å²) in [6.07, 6.45) is 1.43. The summed E-state index contributed by atoms with van der Waals surface area (Å²) in [5, 5.41) is 10.4. The summed E-state index contributed by atoms with van der Waals surface area (Å²) in [6.45, 7) is 2.94. The number of aromatic nitrogens is 2. The zero-order valence-electron chi connectivity index (χ0n) is 20.6. The summed E-state index contributed by atoms with van der Waals surface area (Å²) < 4.78 is 40.8. The van der Waals surface area contributed by atoms with E-state index in [1.807, 2.05) is 31.2 Å². The SMILES string of the molecule is CCc1nc2ccc(F)c(F)c2n1-c1cccc2c1OCC2.Nc1ccc2c(c1)OCC2CC(=O)[O-].[Na+]. The Kier molecular flexibility index (Phi) is 8.06. The van der Waals surface area contributed by atoms with Gasteiger partial charge < -0.3 is 25.1 Å². The molecule has 2 aliphatic rings. The Labute approximate surface area is 234 Å². The zero-order valence-corrected chi connectivity index (χ0v) is 22.6. The van der Waals surface area contributed by atoms with Crippen molar-refractivity contribution in [2.24, 2.45) is 0 Å². The van der Waals surface area contributed by atoms with Gasteiger partial charge in [-0.3, -0.25) is 4.57 Å². The standard InChI is InChI=1S/C17H14F2N2O.C10H11NO3.Na/c1-2-14-20-12-7-6-11(18)15(19)16(12)21(14)13-5-3-4-10-8-9-22-17(10)13;11-7-1-2-8-6(3-10(12)13)5-14-9(8)4-7;/h3-7H,2,8-9H2,1H3;1-2,4,6H,3,5,11H2,(H,12,13);/q;;+1/p-1. The number of rotatable bonds is 4. The molecule has 0 spiro atoms. The number of nitrogens with zero attached hydrogens (tertiary/aromatic N) is 2. The average Bonchev–Trinajstić information content (AvgIpc) is 3.58. The summed E-state index contributed by atoms with van der Waals surface area (Å²) in [5.74, 6) is -0.788. The van der Waals surface area contributed by atoms with Crippen molar-refractivity contribution in [3.8, 4) is 17.2 Å². The number of aliphatic carboxylic acids is 1. The van der Waals surface area contributed by atoms with Crippen LogP contribution in [0.5, 0.6) is 11.5 Å². The maximum Gasteiger partial charge on any atom is 1.00 e. The minimum Gasteiger partial charge on any atom is -0.550 e. The molecule has 6 rings (SSSR count). The number of ether oxygens (including phenoxy) is 2. The Morgan fingerprint density at radius 2 is 2.00 bits per heavy atom. The van der Waals surface area contributed by atoms with Crippen molar-refractivity contribution in [1.82, 2.24) is 9.55 Å². The molecule has 0 saturated heterocycles. The van der Waals surface area contributed by atoms with Crippen LogP contribution in [-0.2, 0) is 17.6 Å². The zero-order chi connectivity index (χ0) is 25.4. The number of carboxylic acid groups (broad SMARTS) is 1. The van der Waals surface area contributed by atoms with Crippen LogP contribution in [0.1, 0.15) is 36.2 Å². The fourth-order valence-electron chi connectivity index (χ4n) is 4.68. The predicted molar refractivity (Wildman–Crippen MR) is 128 cm³/mol. The molecule has 7 nitrogen and oxygen atoms in total. The minimum absolute atomic E-state index is 0. The van der Waals surface area contributed by atoms with Crippen LogP contribution in [0.2, 0.25) is 0 Å². The summed E-state index contributed by atoms with van der Waals surface area (Å²) >= 11 is 0. The van der Waals surface area contributed by atoms with Crippen LogP contribution in [0, 0.1) is 11.6 Å². The molecule has 37 heavy (non-hydrogen) atoms. The van der Waals surface area contributed by atoms with E-state index in [1.165, 1.54) is 6.07 Å². The van der Waals surface area contributed by atoms with Gasteiger partial charge in [-0.15, -0.1) is 0 Å². The van der Waals surface area contributed by atoms with Gasteiger partial charge in [0.1, 0.15) is 22.8 Å². The number of carbonyl (C=O) groups is 1. The van der Waals surface area contributed by atoms with E-state index >= 15 is 0 Å². The Balaban J connectivity index is 0.000000186. The van der Waals surface area contributed by atoms with E-state index in [2.05, 4.69) is 4.98 Å². The van der Waals surface area contributed by atoms with Crippen LogP contribution in [0.3, 0.4) is 0 Å². The quantitative estimate of drug-likeness (QED) is 0.317. The van der Waals surface area contributed by atoms with Gasteiger partial charge in [0.25, 0.3) is 0 Å². The fourth-order valence-corrected chi connectivity index (χ4v) is 4.68. The number of imidazole rings is 1. The molecular formula is C27H24F2N3NaO4. The third kappa shape index (κ3) is 5.16. The molecule has 0 radical (unpaired) electrons. The second kappa shape index (κ2) is 11.1. The first-order chi connectivity index (χ1) is 17.4. The summed E-state index contributed by atoms with van der Waals surface area (Å²) in [5.41, 5.74) is 9.52. The molecule has 1 unspecified atom stereocenters. The second-order valence-electron chi connectivity index (χ2n) is 8.69. The molecule has 2 aliphatic heterocycles. The number of fused-ring (bicyclic) bond motifs is 3. The van der Waals surface area contributed by atoms with E-state index in [-0.39, 0.29) is 47.4 Å². The molecule has 3 aromatic carbocycles. The van der Waals surface area contributed by atoms with Crippen molar-refractivity contribution in [2.45, 2.75) is 32.1 Å². The van der Waals surface area contributed by atoms with Gasteiger partial charge in [-0.2, -0.15) is 0 Å². The summed E-state index contributed by atoms with van der Waals surface area (Å²) in [6, 6.07) is 13.6. The smallest absolute Gasteiger partial charge is 0.550 e. The summed E-state index contributed by atoms with van der Waals surface area (Å²) in [7, 11) is 0. The molecule has 4 aromatic rings. The fraction of sp³-hybridized carbons (Fsp3) is 0.259. The van der Waals surface area contributed by atoms with Gasteiger partial charge in [-0.25, -0.2) is 13.8 Å².